The molecule has 8 heteroatoms. The number of aliphatic imine (C=N–C) groups is 1. The number of guanidine groups is 2. The Bertz CT molecular complexity index is 459. The lowest BCUT2D eigenvalue weighted by atomic mass is 10.3. The molecule has 2 heterocycles. The van der Waals surface area contributed by atoms with E-state index < -0.39 is 0 Å². The van der Waals surface area contributed by atoms with E-state index in [1.165, 1.54) is 0 Å². The summed E-state index contributed by atoms with van der Waals surface area (Å²) in [5, 5.41) is 11.1. The second-order valence-electron chi connectivity index (χ2n) is 4.13. The van der Waals surface area contributed by atoms with E-state index in [1.54, 1.807) is 17.9 Å². The standard InChI is InChI=1S/C10H17N7O/c1-7-6-8(15-18-7)14-10(13)17-4-2-16(3-5-17)9(11)12/h6H,2-5H2,1H3,(H3,11,12)(H2,13,14,15). The molecule has 0 radical (unpaired) electrons. The van der Waals surface area contributed by atoms with E-state index in [4.69, 9.17) is 21.4 Å². The van der Waals surface area contributed by atoms with E-state index in [0.29, 0.717) is 43.7 Å². The van der Waals surface area contributed by atoms with Gasteiger partial charge < -0.3 is 25.8 Å². The number of nitrogens with zero attached hydrogens (tertiary/aromatic N) is 4. The molecule has 98 valence electrons. The first kappa shape index (κ1) is 12.2. The van der Waals surface area contributed by atoms with Crippen molar-refractivity contribution in [1.82, 2.24) is 15.0 Å². The maximum absolute atomic E-state index is 7.35. The minimum atomic E-state index is 0.0947. The topological polar surface area (TPSA) is 121 Å². The van der Waals surface area contributed by atoms with Gasteiger partial charge >= 0.3 is 0 Å². The third kappa shape index (κ3) is 2.70. The average molecular weight is 251 g/mol. The zero-order valence-corrected chi connectivity index (χ0v) is 10.3. The molecule has 0 aliphatic carbocycles. The molecule has 1 aliphatic rings. The number of hydrogen-bond donors (Lipinski definition) is 3. The van der Waals surface area contributed by atoms with Gasteiger partial charge in [0.05, 0.1) is 0 Å². The molecule has 0 aromatic carbocycles. The van der Waals surface area contributed by atoms with E-state index in [-0.39, 0.29) is 5.96 Å². The summed E-state index contributed by atoms with van der Waals surface area (Å²) in [6.07, 6.45) is 0. The fourth-order valence-corrected chi connectivity index (χ4v) is 1.77. The van der Waals surface area contributed by atoms with E-state index in [9.17, 15) is 0 Å². The number of nitrogens with two attached hydrogens (primary N) is 2. The number of hydrogen-bond acceptors (Lipinski definition) is 4. The molecule has 0 bridgehead atoms. The van der Waals surface area contributed by atoms with Gasteiger partial charge in [-0.1, -0.05) is 5.16 Å². The summed E-state index contributed by atoms with van der Waals surface area (Å²) >= 11 is 0. The summed E-state index contributed by atoms with van der Waals surface area (Å²) in [4.78, 5) is 7.92. The van der Waals surface area contributed by atoms with Crippen molar-refractivity contribution in [2.45, 2.75) is 6.92 Å². The lowest BCUT2D eigenvalue weighted by molar-refractivity contribution is 0.254. The number of aryl methyl sites for hydroxylation is 1. The maximum Gasteiger partial charge on any atom is 0.198 e. The van der Waals surface area contributed by atoms with Crippen LogP contribution in [0, 0.1) is 12.3 Å². The highest BCUT2D eigenvalue weighted by molar-refractivity contribution is 5.81. The highest BCUT2D eigenvalue weighted by Crippen LogP contribution is 2.11. The third-order valence-electron chi connectivity index (χ3n) is 2.79. The smallest absolute Gasteiger partial charge is 0.198 e. The molecular formula is C10H17N7O. The first-order chi connectivity index (χ1) is 8.56. The van der Waals surface area contributed by atoms with Gasteiger partial charge in [-0.3, -0.25) is 5.41 Å². The Morgan fingerprint density at radius 2 is 1.94 bits per heavy atom. The molecular weight excluding hydrogens is 234 g/mol. The van der Waals surface area contributed by atoms with Gasteiger partial charge in [-0.15, -0.1) is 0 Å². The first-order valence-electron chi connectivity index (χ1n) is 5.67. The molecule has 1 aliphatic heterocycles. The van der Waals surface area contributed by atoms with Crippen LogP contribution in [0.2, 0.25) is 0 Å². The van der Waals surface area contributed by atoms with Crippen molar-refractivity contribution in [2.75, 3.05) is 26.2 Å². The summed E-state index contributed by atoms with van der Waals surface area (Å²) < 4.78 is 4.92. The molecule has 1 saturated heterocycles. The number of rotatable bonds is 1. The van der Waals surface area contributed by atoms with Crippen molar-refractivity contribution in [3.63, 3.8) is 0 Å². The Kier molecular flexibility index (Phi) is 3.35. The highest BCUT2D eigenvalue weighted by Gasteiger charge is 2.19. The van der Waals surface area contributed by atoms with Crippen LogP contribution in [-0.2, 0) is 0 Å². The number of nitrogens with one attached hydrogen (secondary N) is 1. The molecule has 8 nitrogen and oxygen atoms in total. The summed E-state index contributed by atoms with van der Waals surface area (Å²) in [6, 6.07) is 1.72. The lowest BCUT2D eigenvalue weighted by Gasteiger charge is -2.35. The Labute approximate surface area is 105 Å². The average Bonchev–Trinajstić information content (AvgIpc) is 2.75. The lowest BCUT2D eigenvalue weighted by Crippen LogP contribution is -2.54. The van der Waals surface area contributed by atoms with E-state index >= 15 is 0 Å². The van der Waals surface area contributed by atoms with Crippen LogP contribution in [0.3, 0.4) is 0 Å². The summed E-state index contributed by atoms with van der Waals surface area (Å²) in [5.41, 5.74) is 11.3. The van der Waals surface area contributed by atoms with Crippen molar-refractivity contribution in [3.8, 4) is 0 Å². The molecule has 0 saturated carbocycles. The Morgan fingerprint density at radius 3 is 2.44 bits per heavy atom. The summed E-state index contributed by atoms with van der Waals surface area (Å²) in [7, 11) is 0. The molecule has 0 amide bonds. The summed E-state index contributed by atoms with van der Waals surface area (Å²) in [6.45, 7) is 4.51. The predicted molar refractivity (Wildman–Crippen MR) is 67.6 cm³/mol. The van der Waals surface area contributed by atoms with Crippen LogP contribution in [0.4, 0.5) is 5.82 Å². The van der Waals surface area contributed by atoms with Gasteiger partial charge in [0.25, 0.3) is 0 Å². The fraction of sp³-hybridized carbons (Fsp3) is 0.500. The number of aromatic nitrogens is 1. The molecule has 5 N–H and O–H groups in total. The number of piperazine rings is 1. The quantitative estimate of drug-likeness (QED) is 0.454. The Hall–Kier alpha value is -2.25. The molecule has 18 heavy (non-hydrogen) atoms. The minimum Gasteiger partial charge on any atom is -0.370 e. The molecule has 0 atom stereocenters. The van der Waals surface area contributed by atoms with E-state index in [0.717, 1.165) is 0 Å². The normalized spacial score (nSPS) is 17.1. The SMILES string of the molecule is Cc1cc(N=C(N)N2CCN(C(=N)N)CC2)no1. The zero-order valence-electron chi connectivity index (χ0n) is 10.3. The van der Waals surface area contributed by atoms with Crippen LogP contribution in [0.1, 0.15) is 5.76 Å². The van der Waals surface area contributed by atoms with Crippen LogP contribution < -0.4 is 11.5 Å². The van der Waals surface area contributed by atoms with Gasteiger partial charge in [-0.05, 0) is 6.92 Å². The van der Waals surface area contributed by atoms with Crippen molar-refractivity contribution in [1.29, 1.82) is 5.41 Å². The summed E-state index contributed by atoms with van der Waals surface area (Å²) in [5.74, 6) is 1.67. The monoisotopic (exact) mass is 251 g/mol. The van der Waals surface area contributed by atoms with Crippen LogP contribution in [0.25, 0.3) is 0 Å². The van der Waals surface area contributed by atoms with Crippen LogP contribution in [0.15, 0.2) is 15.6 Å². The Morgan fingerprint density at radius 1 is 1.33 bits per heavy atom. The molecule has 1 fully saturated rings. The zero-order chi connectivity index (χ0) is 13.1. The van der Waals surface area contributed by atoms with Crippen molar-refractivity contribution < 1.29 is 4.52 Å². The second-order valence-corrected chi connectivity index (χ2v) is 4.13. The predicted octanol–water partition coefficient (Wildman–Crippen LogP) is -0.560. The van der Waals surface area contributed by atoms with Gasteiger partial charge in [0.1, 0.15) is 5.76 Å². The maximum atomic E-state index is 7.35. The van der Waals surface area contributed by atoms with Gasteiger partial charge in [0.2, 0.25) is 0 Å². The van der Waals surface area contributed by atoms with Gasteiger partial charge in [-0.2, -0.15) is 4.99 Å². The van der Waals surface area contributed by atoms with E-state index in [1.807, 2.05) is 4.90 Å². The van der Waals surface area contributed by atoms with Gasteiger partial charge in [0, 0.05) is 32.2 Å². The molecule has 2 rings (SSSR count). The molecule has 0 unspecified atom stereocenters. The van der Waals surface area contributed by atoms with Gasteiger partial charge in [0.15, 0.2) is 17.7 Å². The third-order valence-corrected chi connectivity index (χ3v) is 2.79. The van der Waals surface area contributed by atoms with Crippen LogP contribution >= 0.6 is 0 Å². The first-order valence-corrected chi connectivity index (χ1v) is 5.67. The van der Waals surface area contributed by atoms with Crippen molar-refractivity contribution in [3.05, 3.63) is 11.8 Å². The van der Waals surface area contributed by atoms with E-state index in [2.05, 4.69) is 10.1 Å². The van der Waals surface area contributed by atoms with Crippen molar-refractivity contribution >= 4 is 17.7 Å². The molecule has 1 aromatic rings. The second kappa shape index (κ2) is 4.94. The van der Waals surface area contributed by atoms with Gasteiger partial charge in [-0.25, -0.2) is 0 Å². The fourth-order valence-electron chi connectivity index (χ4n) is 1.77. The van der Waals surface area contributed by atoms with Crippen LogP contribution in [0.5, 0.6) is 0 Å². The minimum absolute atomic E-state index is 0.0947. The van der Waals surface area contributed by atoms with Crippen molar-refractivity contribution in [2.24, 2.45) is 16.5 Å². The highest BCUT2D eigenvalue weighted by atomic mass is 16.5. The molecule has 0 spiro atoms. The largest absolute Gasteiger partial charge is 0.370 e. The Balaban J connectivity index is 1.97. The van der Waals surface area contributed by atoms with Crippen LogP contribution in [-0.4, -0.2) is 53.1 Å². The molecule has 1 aromatic heterocycles.